The summed E-state index contributed by atoms with van der Waals surface area (Å²) in [6, 6.07) is 7.24. The van der Waals surface area contributed by atoms with Crippen molar-refractivity contribution < 1.29 is 9.72 Å². The average molecular weight is 286 g/mol. The molecule has 0 aliphatic carbocycles. The molecule has 0 radical (unpaired) electrons. The van der Waals surface area contributed by atoms with Gasteiger partial charge in [0, 0.05) is 7.05 Å². The monoisotopic (exact) mass is 286 g/mol. The lowest BCUT2D eigenvalue weighted by Crippen LogP contribution is -2.15. The number of imidazole rings is 1. The highest BCUT2D eigenvalue weighted by Gasteiger charge is 2.25. The molecule has 0 spiro atoms. The summed E-state index contributed by atoms with van der Waals surface area (Å²) in [5.74, 6) is -0.484. The van der Waals surface area contributed by atoms with E-state index in [4.69, 9.17) is 0 Å². The molecule has 3 rings (SSSR count). The number of benzene rings is 1. The number of rotatable bonds is 3. The minimum Gasteiger partial charge on any atom is -0.324 e. The van der Waals surface area contributed by atoms with Gasteiger partial charge in [0.2, 0.25) is 11.6 Å². The van der Waals surface area contributed by atoms with Crippen LogP contribution in [-0.2, 0) is 7.05 Å². The van der Waals surface area contributed by atoms with Crippen LogP contribution in [0.15, 0.2) is 30.5 Å². The number of nitrogens with one attached hydrogen (secondary N) is 2. The number of aromatic nitrogens is 4. The Morgan fingerprint density at radius 3 is 2.90 bits per heavy atom. The van der Waals surface area contributed by atoms with Crippen molar-refractivity contribution in [1.82, 2.24) is 19.7 Å². The number of anilines is 1. The van der Waals surface area contributed by atoms with Gasteiger partial charge in [-0.2, -0.15) is 5.10 Å². The SMILES string of the molecule is Cn1cc([N+](=O)[O-])c(C(=O)Nc2nc3ccccc3[nH]2)n1. The van der Waals surface area contributed by atoms with Crippen molar-refractivity contribution in [1.29, 1.82) is 0 Å². The maximum Gasteiger partial charge on any atom is 0.320 e. The third-order valence-corrected chi connectivity index (χ3v) is 2.84. The third kappa shape index (κ3) is 2.31. The van der Waals surface area contributed by atoms with Gasteiger partial charge in [-0.25, -0.2) is 4.98 Å². The lowest BCUT2D eigenvalue weighted by atomic mass is 10.3. The van der Waals surface area contributed by atoms with Gasteiger partial charge < -0.3 is 4.98 Å². The molecule has 0 saturated heterocycles. The van der Waals surface area contributed by atoms with Crippen LogP contribution in [0.2, 0.25) is 0 Å². The second kappa shape index (κ2) is 4.71. The molecular weight excluding hydrogens is 276 g/mol. The molecule has 2 heterocycles. The number of hydrogen-bond donors (Lipinski definition) is 2. The van der Waals surface area contributed by atoms with E-state index < -0.39 is 10.8 Å². The van der Waals surface area contributed by atoms with Gasteiger partial charge >= 0.3 is 5.69 Å². The maximum atomic E-state index is 12.1. The van der Waals surface area contributed by atoms with Crippen LogP contribution < -0.4 is 5.32 Å². The van der Waals surface area contributed by atoms with Crippen LogP contribution in [0.25, 0.3) is 11.0 Å². The zero-order chi connectivity index (χ0) is 15.0. The van der Waals surface area contributed by atoms with Crippen molar-refractivity contribution >= 4 is 28.6 Å². The van der Waals surface area contributed by atoms with E-state index in [-0.39, 0.29) is 17.3 Å². The predicted octanol–water partition coefficient (Wildman–Crippen LogP) is 1.46. The Morgan fingerprint density at radius 2 is 2.19 bits per heavy atom. The fourth-order valence-corrected chi connectivity index (χ4v) is 1.95. The summed E-state index contributed by atoms with van der Waals surface area (Å²) in [6.45, 7) is 0. The first-order valence-electron chi connectivity index (χ1n) is 5.99. The van der Waals surface area contributed by atoms with Gasteiger partial charge in [-0.3, -0.25) is 24.9 Å². The van der Waals surface area contributed by atoms with Gasteiger partial charge in [0.1, 0.15) is 6.20 Å². The Balaban J connectivity index is 1.91. The lowest BCUT2D eigenvalue weighted by molar-refractivity contribution is -0.385. The summed E-state index contributed by atoms with van der Waals surface area (Å²) in [6.07, 6.45) is 1.17. The molecule has 2 N–H and O–H groups in total. The van der Waals surface area contributed by atoms with Crippen LogP contribution in [-0.4, -0.2) is 30.6 Å². The number of aromatic amines is 1. The van der Waals surface area contributed by atoms with E-state index in [0.717, 1.165) is 5.52 Å². The van der Waals surface area contributed by atoms with E-state index in [0.29, 0.717) is 5.52 Å². The minimum absolute atomic E-state index is 0.209. The number of aryl methyl sites for hydroxylation is 1. The van der Waals surface area contributed by atoms with Crippen molar-refractivity contribution in [2.45, 2.75) is 0 Å². The lowest BCUT2D eigenvalue weighted by Gasteiger charge is -1.97. The molecule has 3 aromatic rings. The molecule has 106 valence electrons. The Morgan fingerprint density at radius 1 is 1.43 bits per heavy atom. The Labute approximate surface area is 117 Å². The molecule has 0 aliphatic rings. The van der Waals surface area contributed by atoms with Gasteiger partial charge in [0.05, 0.1) is 16.0 Å². The van der Waals surface area contributed by atoms with Gasteiger partial charge in [-0.1, -0.05) is 12.1 Å². The highest BCUT2D eigenvalue weighted by atomic mass is 16.6. The summed E-state index contributed by atoms with van der Waals surface area (Å²) >= 11 is 0. The summed E-state index contributed by atoms with van der Waals surface area (Å²) < 4.78 is 1.21. The number of fused-ring (bicyclic) bond motifs is 1. The fourth-order valence-electron chi connectivity index (χ4n) is 1.95. The Hall–Kier alpha value is -3.23. The van der Waals surface area contributed by atoms with E-state index in [1.807, 2.05) is 12.1 Å². The predicted molar refractivity (Wildman–Crippen MR) is 73.9 cm³/mol. The zero-order valence-electron chi connectivity index (χ0n) is 10.9. The van der Waals surface area contributed by atoms with Crippen molar-refractivity contribution in [3.63, 3.8) is 0 Å². The number of nitro groups is 1. The normalized spacial score (nSPS) is 10.7. The number of nitrogens with zero attached hydrogens (tertiary/aromatic N) is 4. The number of H-pyrrole nitrogens is 1. The van der Waals surface area contributed by atoms with Gasteiger partial charge in [-0.15, -0.1) is 0 Å². The molecule has 1 aromatic carbocycles. The summed E-state index contributed by atoms with van der Waals surface area (Å²) in [4.78, 5) is 29.4. The number of carbonyl (C=O) groups excluding carboxylic acids is 1. The molecule has 2 aromatic heterocycles. The summed E-state index contributed by atoms with van der Waals surface area (Å²) in [7, 11) is 1.50. The highest BCUT2D eigenvalue weighted by Crippen LogP contribution is 2.18. The first-order chi connectivity index (χ1) is 10.0. The summed E-state index contributed by atoms with van der Waals surface area (Å²) in [5.41, 5.74) is 0.820. The van der Waals surface area contributed by atoms with Gasteiger partial charge in [-0.05, 0) is 12.1 Å². The minimum atomic E-state index is -0.693. The second-order valence-electron chi connectivity index (χ2n) is 4.35. The molecule has 0 saturated carbocycles. The van der Waals surface area contributed by atoms with Gasteiger partial charge in [0.15, 0.2) is 0 Å². The Bertz CT molecular complexity index is 817. The van der Waals surface area contributed by atoms with Crippen LogP contribution in [0.4, 0.5) is 11.6 Å². The molecule has 0 fully saturated rings. The van der Waals surface area contributed by atoms with Crippen molar-refractivity contribution in [2.24, 2.45) is 7.05 Å². The van der Waals surface area contributed by atoms with Crippen molar-refractivity contribution in [3.05, 3.63) is 46.3 Å². The molecule has 0 bridgehead atoms. The zero-order valence-corrected chi connectivity index (χ0v) is 10.9. The molecular formula is C12H10N6O3. The van der Waals surface area contributed by atoms with E-state index in [1.165, 1.54) is 17.9 Å². The van der Waals surface area contributed by atoms with Crippen LogP contribution in [0, 0.1) is 10.1 Å². The van der Waals surface area contributed by atoms with Crippen molar-refractivity contribution in [3.8, 4) is 0 Å². The van der Waals surface area contributed by atoms with E-state index in [2.05, 4.69) is 20.4 Å². The third-order valence-electron chi connectivity index (χ3n) is 2.84. The quantitative estimate of drug-likeness (QED) is 0.558. The largest absolute Gasteiger partial charge is 0.324 e. The topological polar surface area (TPSA) is 119 Å². The highest BCUT2D eigenvalue weighted by molar-refractivity contribution is 6.05. The maximum absolute atomic E-state index is 12.1. The molecule has 0 aliphatic heterocycles. The van der Waals surface area contributed by atoms with E-state index >= 15 is 0 Å². The number of para-hydroxylation sites is 2. The molecule has 9 heteroatoms. The molecule has 0 unspecified atom stereocenters. The van der Waals surface area contributed by atoms with Crippen LogP contribution in [0.5, 0.6) is 0 Å². The number of amides is 1. The van der Waals surface area contributed by atoms with E-state index in [9.17, 15) is 14.9 Å². The molecule has 0 atom stereocenters. The van der Waals surface area contributed by atoms with E-state index in [1.54, 1.807) is 12.1 Å². The number of hydrogen-bond acceptors (Lipinski definition) is 5. The van der Waals surface area contributed by atoms with Crippen LogP contribution in [0.1, 0.15) is 10.5 Å². The molecule has 1 amide bonds. The first-order valence-corrected chi connectivity index (χ1v) is 5.99. The average Bonchev–Trinajstić information content (AvgIpc) is 3.01. The fraction of sp³-hybridized carbons (Fsp3) is 0.0833. The second-order valence-corrected chi connectivity index (χ2v) is 4.35. The van der Waals surface area contributed by atoms with Crippen molar-refractivity contribution in [2.75, 3.05) is 5.32 Å². The van der Waals surface area contributed by atoms with Crippen LogP contribution >= 0.6 is 0 Å². The Kier molecular flexibility index (Phi) is 2.87. The molecule has 21 heavy (non-hydrogen) atoms. The van der Waals surface area contributed by atoms with Gasteiger partial charge in [0.25, 0.3) is 5.91 Å². The summed E-state index contributed by atoms with van der Waals surface area (Å²) in [5, 5.41) is 17.2. The first kappa shape index (κ1) is 12.8. The number of carbonyl (C=O) groups is 1. The standard InChI is InChI=1S/C12H10N6O3/c1-17-6-9(18(20)21)10(16-17)11(19)15-12-13-7-4-2-3-5-8(7)14-12/h2-6H,1H3,(H2,13,14,15,19). The van der Waals surface area contributed by atoms with Crippen LogP contribution in [0.3, 0.4) is 0 Å². The molecule has 9 nitrogen and oxygen atoms in total. The smallest absolute Gasteiger partial charge is 0.320 e.